The minimum absolute atomic E-state index is 0.107. The molecule has 6 heteroatoms. The summed E-state index contributed by atoms with van der Waals surface area (Å²) in [6.07, 6.45) is 3.97. The fourth-order valence-corrected chi connectivity index (χ4v) is 2.99. The summed E-state index contributed by atoms with van der Waals surface area (Å²) in [5.74, 6) is -9.38. The van der Waals surface area contributed by atoms with Crippen molar-refractivity contribution in [1.29, 1.82) is 0 Å². The first-order chi connectivity index (χ1) is 9.99. The Labute approximate surface area is 120 Å². The first-order valence-corrected chi connectivity index (χ1v) is 7.23. The van der Waals surface area contributed by atoms with Crippen LogP contribution >= 0.6 is 0 Å². The Morgan fingerprint density at radius 2 is 1.38 bits per heavy atom. The second-order valence-electron chi connectivity index (χ2n) is 5.46. The van der Waals surface area contributed by atoms with E-state index in [1.54, 1.807) is 0 Å². The number of hydrogen-bond donors (Lipinski definition) is 1. The highest BCUT2D eigenvalue weighted by Crippen LogP contribution is 2.39. The largest absolute Gasteiger partial charge is 0.310 e. The zero-order valence-corrected chi connectivity index (χ0v) is 11.8. The van der Waals surface area contributed by atoms with Gasteiger partial charge in [0, 0.05) is 11.6 Å². The Morgan fingerprint density at radius 3 is 1.86 bits per heavy atom. The SMILES string of the molecule is CCCNC(c1c(F)c(F)c(F)c(F)c1F)C1CCCC1. The van der Waals surface area contributed by atoms with E-state index in [-0.39, 0.29) is 5.92 Å². The Kier molecular flexibility index (Phi) is 5.19. The Morgan fingerprint density at radius 1 is 0.905 bits per heavy atom. The fraction of sp³-hybridized carbons (Fsp3) is 0.600. The molecular weight excluding hydrogens is 289 g/mol. The van der Waals surface area contributed by atoms with Gasteiger partial charge in [-0.15, -0.1) is 0 Å². The molecule has 0 bridgehead atoms. The minimum Gasteiger partial charge on any atom is -0.310 e. The maximum Gasteiger partial charge on any atom is 0.200 e. The molecule has 1 aliphatic carbocycles. The molecule has 1 aromatic carbocycles. The van der Waals surface area contributed by atoms with Crippen LogP contribution < -0.4 is 5.32 Å². The molecule has 0 aliphatic heterocycles. The molecule has 1 aliphatic rings. The van der Waals surface area contributed by atoms with Crippen LogP contribution in [0.2, 0.25) is 0 Å². The number of benzene rings is 1. The van der Waals surface area contributed by atoms with Crippen molar-refractivity contribution >= 4 is 0 Å². The number of rotatable bonds is 5. The number of hydrogen-bond acceptors (Lipinski definition) is 1. The molecule has 1 nitrogen and oxygen atoms in total. The highest BCUT2D eigenvalue weighted by atomic mass is 19.2. The van der Waals surface area contributed by atoms with E-state index in [0.29, 0.717) is 13.0 Å². The first kappa shape index (κ1) is 16.2. The van der Waals surface area contributed by atoms with Gasteiger partial charge in [0.25, 0.3) is 0 Å². The van der Waals surface area contributed by atoms with Gasteiger partial charge in [-0.25, -0.2) is 22.0 Å². The van der Waals surface area contributed by atoms with Gasteiger partial charge in [0.15, 0.2) is 23.3 Å². The summed E-state index contributed by atoms with van der Waals surface area (Å²) >= 11 is 0. The van der Waals surface area contributed by atoms with E-state index < -0.39 is 40.7 Å². The van der Waals surface area contributed by atoms with Crippen molar-refractivity contribution in [1.82, 2.24) is 5.32 Å². The molecule has 1 N–H and O–H groups in total. The molecule has 0 aromatic heterocycles. The second-order valence-corrected chi connectivity index (χ2v) is 5.46. The second kappa shape index (κ2) is 6.73. The van der Waals surface area contributed by atoms with Gasteiger partial charge in [-0.2, -0.15) is 0 Å². The normalized spacial score (nSPS) is 17.4. The third-order valence-electron chi connectivity index (χ3n) is 4.04. The van der Waals surface area contributed by atoms with Crippen LogP contribution in [0.5, 0.6) is 0 Å². The summed E-state index contributed by atoms with van der Waals surface area (Å²) in [5, 5.41) is 2.95. The van der Waals surface area contributed by atoms with Gasteiger partial charge in [0.05, 0.1) is 0 Å². The van der Waals surface area contributed by atoms with Crippen LogP contribution in [0.4, 0.5) is 22.0 Å². The fourth-order valence-electron chi connectivity index (χ4n) is 2.99. The minimum atomic E-state index is -2.10. The predicted octanol–water partition coefficient (Wildman–Crippen LogP) is 4.61. The molecule has 0 heterocycles. The number of nitrogens with one attached hydrogen (secondary N) is 1. The highest BCUT2D eigenvalue weighted by molar-refractivity contribution is 5.28. The van der Waals surface area contributed by atoms with Gasteiger partial charge in [0.1, 0.15) is 0 Å². The lowest BCUT2D eigenvalue weighted by Gasteiger charge is -2.26. The van der Waals surface area contributed by atoms with Crippen molar-refractivity contribution in [3.63, 3.8) is 0 Å². The summed E-state index contributed by atoms with van der Waals surface area (Å²) in [7, 11) is 0. The Bertz CT molecular complexity index is 482. The smallest absolute Gasteiger partial charge is 0.200 e. The molecule has 1 fully saturated rings. The van der Waals surface area contributed by atoms with Crippen LogP contribution in [0.15, 0.2) is 0 Å². The van der Waals surface area contributed by atoms with Crippen molar-refractivity contribution in [2.24, 2.45) is 5.92 Å². The lowest BCUT2D eigenvalue weighted by Crippen LogP contribution is -2.30. The van der Waals surface area contributed by atoms with Crippen LogP contribution in [-0.4, -0.2) is 6.54 Å². The Hall–Kier alpha value is -1.17. The van der Waals surface area contributed by atoms with Crippen LogP contribution in [0.25, 0.3) is 0 Å². The standard InChI is InChI=1S/C15H18F5N/c1-2-7-21-15(8-5-3-4-6-8)9-10(16)12(18)14(20)13(19)11(9)17/h8,15,21H,2-7H2,1H3. The molecule has 0 spiro atoms. The maximum atomic E-state index is 14.0. The van der Waals surface area contributed by atoms with Crippen molar-refractivity contribution in [3.05, 3.63) is 34.6 Å². The molecule has 1 atom stereocenters. The van der Waals surface area contributed by atoms with E-state index in [0.717, 1.165) is 25.7 Å². The topological polar surface area (TPSA) is 12.0 Å². The summed E-state index contributed by atoms with van der Waals surface area (Å²) in [4.78, 5) is 0. The van der Waals surface area contributed by atoms with Crippen LogP contribution in [0.1, 0.15) is 50.6 Å². The molecule has 1 aromatic rings. The molecule has 2 rings (SSSR count). The Balaban J connectivity index is 2.48. The zero-order chi connectivity index (χ0) is 15.6. The van der Waals surface area contributed by atoms with Crippen LogP contribution in [0.3, 0.4) is 0 Å². The number of halogens is 5. The molecule has 1 unspecified atom stereocenters. The third kappa shape index (κ3) is 3.05. The van der Waals surface area contributed by atoms with E-state index in [4.69, 9.17) is 0 Å². The van der Waals surface area contributed by atoms with E-state index >= 15 is 0 Å². The molecule has 118 valence electrons. The van der Waals surface area contributed by atoms with Gasteiger partial charge < -0.3 is 5.32 Å². The monoisotopic (exact) mass is 307 g/mol. The van der Waals surface area contributed by atoms with Crippen molar-refractivity contribution in [3.8, 4) is 0 Å². The first-order valence-electron chi connectivity index (χ1n) is 7.23. The van der Waals surface area contributed by atoms with Gasteiger partial charge >= 0.3 is 0 Å². The zero-order valence-electron chi connectivity index (χ0n) is 11.8. The average Bonchev–Trinajstić information content (AvgIpc) is 3.00. The third-order valence-corrected chi connectivity index (χ3v) is 4.04. The van der Waals surface area contributed by atoms with E-state index in [1.165, 1.54) is 0 Å². The average molecular weight is 307 g/mol. The van der Waals surface area contributed by atoms with Crippen molar-refractivity contribution in [2.75, 3.05) is 6.54 Å². The summed E-state index contributed by atoms with van der Waals surface area (Å²) in [6, 6.07) is -0.836. The highest BCUT2D eigenvalue weighted by Gasteiger charge is 2.35. The molecule has 21 heavy (non-hydrogen) atoms. The van der Waals surface area contributed by atoms with Crippen LogP contribution in [-0.2, 0) is 0 Å². The molecule has 0 saturated heterocycles. The maximum absolute atomic E-state index is 14.0. The quantitative estimate of drug-likeness (QED) is 0.476. The van der Waals surface area contributed by atoms with E-state index in [2.05, 4.69) is 5.32 Å². The van der Waals surface area contributed by atoms with Crippen LogP contribution in [0, 0.1) is 35.0 Å². The van der Waals surface area contributed by atoms with E-state index in [1.807, 2.05) is 6.92 Å². The summed E-state index contributed by atoms with van der Waals surface area (Å²) < 4.78 is 67.9. The lowest BCUT2D eigenvalue weighted by molar-refractivity contribution is 0.315. The van der Waals surface area contributed by atoms with Gasteiger partial charge in [-0.1, -0.05) is 19.8 Å². The van der Waals surface area contributed by atoms with Gasteiger partial charge in [0.2, 0.25) is 5.82 Å². The summed E-state index contributed by atoms with van der Waals surface area (Å²) in [5.41, 5.74) is -0.716. The molecule has 1 saturated carbocycles. The summed E-state index contributed by atoms with van der Waals surface area (Å²) in [6.45, 7) is 2.33. The van der Waals surface area contributed by atoms with Gasteiger partial charge in [-0.05, 0) is 31.7 Å². The molecular formula is C15H18F5N. The van der Waals surface area contributed by atoms with Crippen molar-refractivity contribution in [2.45, 2.75) is 45.1 Å². The lowest BCUT2D eigenvalue weighted by atomic mass is 9.90. The molecule has 0 amide bonds. The van der Waals surface area contributed by atoms with E-state index in [9.17, 15) is 22.0 Å². The predicted molar refractivity (Wildman–Crippen MR) is 69.2 cm³/mol. The van der Waals surface area contributed by atoms with Gasteiger partial charge in [-0.3, -0.25) is 0 Å². The molecule has 0 radical (unpaired) electrons. The van der Waals surface area contributed by atoms with Crippen molar-refractivity contribution < 1.29 is 22.0 Å².